The second-order valence-electron chi connectivity index (χ2n) is 6.31. The van der Waals surface area contributed by atoms with Crippen molar-refractivity contribution in [2.75, 3.05) is 13.2 Å². The summed E-state index contributed by atoms with van der Waals surface area (Å²) >= 11 is 0. The summed E-state index contributed by atoms with van der Waals surface area (Å²) in [4.78, 5) is 11.9. The SMILES string of the molecule is CC(C)(CCO)CNC(=O)NCc1cccc2ccccc12. The van der Waals surface area contributed by atoms with Crippen LogP contribution < -0.4 is 10.6 Å². The molecule has 0 aliphatic heterocycles. The van der Waals surface area contributed by atoms with Gasteiger partial charge in [-0.05, 0) is 28.2 Å². The van der Waals surface area contributed by atoms with Crippen LogP contribution in [0, 0.1) is 5.41 Å². The first-order valence-corrected chi connectivity index (χ1v) is 7.61. The number of rotatable bonds is 6. The molecule has 0 saturated carbocycles. The lowest BCUT2D eigenvalue weighted by Crippen LogP contribution is -2.40. The summed E-state index contributed by atoms with van der Waals surface area (Å²) in [7, 11) is 0. The predicted molar refractivity (Wildman–Crippen MR) is 89.7 cm³/mol. The van der Waals surface area contributed by atoms with Gasteiger partial charge in [-0.15, -0.1) is 0 Å². The van der Waals surface area contributed by atoms with E-state index < -0.39 is 0 Å². The minimum absolute atomic E-state index is 0.106. The maximum atomic E-state index is 11.9. The molecular formula is C18H24N2O2. The van der Waals surface area contributed by atoms with Crippen molar-refractivity contribution >= 4 is 16.8 Å². The zero-order chi connectivity index (χ0) is 16.0. The van der Waals surface area contributed by atoms with Crippen LogP contribution in [-0.2, 0) is 6.54 Å². The van der Waals surface area contributed by atoms with Gasteiger partial charge in [0.25, 0.3) is 0 Å². The van der Waals surface area contributed by atoms with E-state index in [2.05, 4.69) is 28.8 Å². The van der Waals surface area contributed by atoms with E-state index in [9.17, 15) is 4.79 Å². The number of carbonyl (C=O) groups is 1. The maximum Gasteiger partial charge on any atom is 0.315 e. The molecule has 0 atom stereocenters. The Labute approximate surface area is 131 Å². The molecule has 0 aliphatic rings. The average molecular weight is 300 g/mol. The molecule has 4 nitrogen and oxygen atoms in total. The van der Waals surface area contributed by atoms with E-state index in [1.165, 1.54) is 5.39 Å². The van der Waals surface area contributed by atoms with E-state index in [4.69, 9.17) is 5.11 Å². The van der Waals surface area contributed by atoms with E-state index in [0.29, 0.717) is 19.5 Å². The Bertz CT molecular complexity index is 633. The molecule has 22 heavy (non-hydrogen) atoms. The van der Waals surface area contributed by atoms with Crippen LogP contribution in [0.5, 0.6) is 0 Å². The summed E-state index contributed by atoms with van der Waals surface area (Å²) in [5, 5.41) is 17.1. The van der Waals surface area contributed by atoms with Gasteiger partial charge in [0.1, 0.15) is 0 Å². The predicted octanol–water partition coefficient (Wildman–Crippen LogP) is 3.05. The van der Waals surface area contributed by atoms with Crippen LogP contribution in [0.15, 0.2) is 42.5 Å². The van der Waals surface area contributed by atoms with Gasteiger partial charge in [0.2, 0.25) is 0 Å². The zero-order valence-electron chi connectivity index (χ0n) is 13.2. The number of hydrogen-bond donors (Lipinski definition) is 3. The highest BCUT2D eigenvalue weighted by atomic mass is 16.3. The van der Waals surface area contributed by atoms with Gasteiger partial charge in [-0.3, -0.25) is 0 Å². The normalized spacial score (nSPS) is 11.4. The molecule has 4 heteroatoms. The first-order valence-electron chi connectivity index (χ1n) is 7.61. The number of amides is 2. The van der Waals surface area contributed by atoms with Crippen LogP contribution in [0.3, 0.4) is 0 Å². The van der Waals surface area contributed by atoms with Crippen molar-refractivity contribution in [1.82, 2.24) is 10.6 Å². The topological polar surface area (TPSA) is 61.4 Å². The molecule has 0 spiro atoms. The van der Waals surface area contributed by atoms with Crippen molar-refractivity contribution in [3.8, 4) is 0 Å². The van der Waals surface area contributed by atoms with Crippen LogP contribution in [-0.4, -0.2) is 24.3 Å². The van der Waals surface area contributed by atoms with Crippen LogP contribution in [0.4, 0.5) is 4.79 Å². The summed E-state index contributed by atoms with van der Waals surface area (Å²) < 4.78 is 0. The van der Waals surface area contributed by atoms with Gasteiger partial charge in [-0.1, -0.05) is 56.3 Å². The number of carbonyl (C=O) groups excluding carboxylic acids is 1. The lowest BCUT2D eigenvalue weighted by atomic mass is 9.90. The molecule has 118 valence electrons. The van der Waals surface area contributed by atoms with Crippen molar-refractivity contribution in [1.29, 1.82) is 0 Å². The van der Waals surface area contributed by atoms with E-state index in [-0.39, 0.29) is 18.1 Å². The number of aliphatic hydroxyl groups excluding tert-OH is 1. The van der Waals surface area contributed by atoms with Gasteiger partial charge in [-0.2, -0.15) is 0 Å². The fraction of sp³-hybridized carbons (Fsp3) is 0.389. The Kier molecular flexibility index (Phi) is 5.39. The molecule has 2 aromatic carbocycles. The van der Waals surface area contributed by atoms with E-state index in [1.54, 1.807) is 0 Å². The smallest absolute Gasteiger partial charge is 0.315 e. The van der Waals surface area contributed by atoms with Gasteiger partial charge in [0, 0.05) is 19.7 Å². The van der Waals surface area contributed by atoms with Gasteiger partial charge < -0.3 is 15.7 Å². The first-order chi connectivity index (χ1) is 10.5. The summed E-state index contributed by atoms with van der Waals surface area (Å²) in [6.07, 6.45) is 0.663. The van der Waals surface area contributed by atoms with Crippen molar-refractivity contribution in [2.24, 2.45) is 5.41 Å². The molecule has 0 aliphatic carbocycles. The average Bonchev–Trinajstić information content (AvgIpc) is 2.51. The second kappa shape index (κ2) is 7.27. The van der Waals surface area contributed by atoms with Gasteiger partial charge in [0.15, 0.2) is 0 Å². The highest BCUT2D eigenvalue weighted by Gasteiger charge is 2.17. The third kappa shape index (κ3) is 4.46. The Morgan fingerprint density at radius 1 is 1.09 bits per heavy atom. The van der Waals surface area contributed by atoms with Crippen LogP contribution in [0.1, 0.15) is 25.8 Å². The van der Waals surface area contributed by atoms with Crippen LogP contribution in [0.2, 0.25) is 0 Å². The second-order valence-corrected chi connectivity index (χ2v) is 6.31. The molecule has 2 aromatic rings. The Morgan fingerprint density at radius 2 is 1.82 bits per heavy atom. The minimum atomic E-state index is -0.182. The Morgan fingerprint density at radius 3 is 2.59 bits per heavy atom. The molecule has 2 rings (SSSR count). The quantitative estimate of drug-likeness (QED) is 0.768. The highest BCUT2D eigenvalue weighted by molar-refractivity contribution is 5.86. The van der Waals surface area contributed by atoms with Crippen molar-refractivity contribution in [3.63, 3.8) is 0 Å². The molecule has 0 fully saturated rings. The summed E-state index contributed by atoms with van der Waals surface area (Å²) in [6, 6.07) is 14.1. The molecule has 0 saturated heterocycles. The monoisotopic (exact) mass is 300 g/mol. The standard InChI is InChI=1S/C18H24N2O2/c1-18(2,10-11-21)13-20-17(22)19-12-15-8-5-7-14-6-3-4-9-16(14)15/h3-9,21H,10-13H2,1-2H3,(H2,19,20,22). The van der Waals surface area contributed by atoms with Gasteiger partial charge in [0.05, 0.1) is 0 Å². The van der Waals surface area contributed by atoms with Crippen molar-refractivity contribution in [3.05, 3.63) is 48.0 Å². The number of nitrogens with one attached hydrogen (secondary N) is 2. The first kappa shape index (κ1) is 16.3. The summed E-state index contributed by atoms with van der Waals surface area (Å²) in [5.74, 6) is 0. The molecule has 0 bridgehead atoms. The maximum absolute atomic E-state index is 11.9. The molecule has 3 N–H and O–H groups in total. The lowest BCUT2D eigenvalue weighted by Gasteiger charge is -2.23. The zero-order valence-corrected chi connectivity index (χ0v) is 13.2. The third-order valence-corrected chi connectivity index (χ3v) is 3.84. The van der Waals surface area contributed by atoms with Gasteiger partial charge in [-0.25, -0.2) is 4.79 Å². The fourth-order valence-corrected chi connectivity index (χ4v) is 2.40. The largest absolute Gasteiger partial charge is 0.396 e. The third-order valence-electron chi connectivity index (χ3n) is 3.84. The number of aliphatic hydroxyl groups is 1. The molecule has 0 unspecified atom stereocenters. The minimum Gasteiger partial charge on any atom is -0.396 e. The number of urea groups is 1. The van der Waals surface area contributed by atoms with E-state index >= 15 is 0 Å². The van der Waals surface area contributed by atoms with E-state index in [1.807, 2.05) is 38.1 Å². The fourth-order valence-electron chi connectivity index (χ4n) is 2.40. The van der Waals surface area contributed by atoms with Crippen molar-refractivity contribution < 1.29 is 9.90 Å². The molecular weight excluding hydrogens is 276 g/mol. The molecule has 2 amide bonds. The number of hydrogen-bond acceptors (Lipinski definition) is 2. The van der Waals surface area contributed by atoms with Crippen LogP contribution >= 0.6 is 0 Å². The Hall–Kier alpha value is -2.07. The summed E-state index contributed by atoms with van der Waals surface area (Å²) in [6.45, 7) is 5.21. The Balaban J connectivity index is 1.91. The molecule has 0 heterocycles. The van der Waals surface area contributed by atoms with E-state index in [0.717, 1.165) is 10.9 Å². The molecule has 0 aromatic heterocycles. The lowest BCUT2D eigenvalue weighted by molar-refractivity contribution is 0.201. The number of benzene rings is 2. The number of fused-ring (bicyclic) bond motifs is 1. The highest BCUT2D eigenvalue weighted by Crippen LogP contribution is 2.19. The van der Waals surface area contributed by atoms with Crippen LogP contribution in [0.25, 0.3) is 10.8 Å². The summed E-state index contributed by atoms with van der Waals surface area (Å²) in [5.41, 5.74) is 0.994. The molecule has 0 radical (unpaired) electrons. The van der Waals surface area contributed by atoms with Gasteiger partial charge >= 0.3 is 6.03 Å². The van der Waals surface area contributed by atoms with Crippen molar-refractivity contribution in [2.45, 2.75) is 26.8 Å².